The Balaban J connectivity index is 1.40. The van der Waals surface area contributed by atoms with E-state index in [1.54, 1.807) is 4.68 Å². The van der Waals surface area contributed by atoms with E-state index in [2.05, 4.69) is 45.8 Å². The van der Waals surface area contributed by atoms with E-state index in [1.807, 2.05) is 25.5 Å². The Kier molecular flexibility index (Phi) is 4.51. The predicted molar refractivity (Wildman–Crippen MR) is 102 cm³/mol. The van der Waals surface area contributed by atoms with E-state index in [-0.39, 0.29) is 17.7 Å². The lowest BCUT2D eigenvalue weighted by molar-refractivity contribution is -0.124. The van der Waals surface area contributed by atoms with Gasteiger partial charge in [-0.05, 0) is 30.5 Å². The molecule has 4 rings (SSSR count). The van der Waals surface area contributed by atoms with Crippen LogP contribution in [-0.4, -0.2) is 40.3 Å². The number of carbonyl (C=O) groups is 1. The second-order valence-electron chi connectivity index (χ2n) is 7.13. The smallest absolute Gasteiger partial charge is 0.225 e. The summed E-state index contributed by atoms with van der Waals surface area (Å²) in [6, 6.07) is 8.32. The van der Waals surface area contributed by atoms with Crippen LogP contribution in [0.4, 0.5) is 0 Å². The molecular formula is C20H25N5O. The number of H-pyrrole nitrogens is 1. The average Bonchev–Trinajstić information content (AvgIpc) is 3.33. The number of aryl methyl sites for hydroxylation is 2. The van der Waals surface area contributed by atoms with Crippen molar-refractivity contribution in [2.24, 2.45) is 13.0 Å². The van der Waals surface area contributed by atoms with Crippen molar-refractivity contribution >= 4 is 16.8 Å². The Labute approximate surface area is 153 Å². The fourth-order valence-corrected chi connectivity index (χ4v) is 4.03. The Bertz CT molecular complexity index is 925. The zero-order valence-electron chi connectivity index (χ0n) is 15.2. The van der Waals surface area contributed by atoms with Crippen molar-refractivity contribution in [1.29, 1.82) is 0 Å². The summed E-state index contributed by atoms with van der Waals surface area (Å²) in [6.07, 6.45) is 4.71. The maximum Gasteiger partial charge on any atom is 0.225 e. The molecule has 1 amide bonds. The van der Waals surface area contributed by atoms with E-state index >= 15 is 0 Å². The SMILES string of the molecule is Cc1[nH]c2ccccc2c1CCNC(=O)[C@H]1CNC[C@@H]1c1cnn(C)c1. The monoisotopic (exact) mass is 351 g/mol. The normalized spacial score (nSPS) is 19.9. The number of aromatic nitrogens is 3. The molecule has 6 heteroatoms. The van der Waals surface area contributed by atoms with E-state index in [0.717, 1.165) is 30.6 Å². The van der Waals surface area contributed by atoms with Gasteiger partial charge in [-0.3, -0.25) is 9.48 Å². The molecule has 1 aromatic carbocycles. The van der Waals surface area contributed by atoms with Crippen LogP contribution in [-0.2, 0) is 18.3 Å². The minimum Gasteiger partial charge on any atom is -0.358 e. The maximum absolute atomic E-state index is 12.7. The summed E-state index contributed by atoms with van der Waals surface area (Å²) in [5, 5.41) is 12.0. The molecule has 0 unspecified atom stereocenters. The highest BCUT2D eigenvalue weighted by Gasteiger charge is 2.34. The molecule has 0 saturated carbocycles. The predicted octanol–water partition coefficient (Wildman–Crippen LogP) is 1.87. The summed E-state index contributed by atoms with van der Waals surface area (Å²) < 4.78 is 1.79. The highest BCUT2D eigenvalue weighted by molar-refractivity contribution is 5.85. The van der Waals surface area contributed by atoms with Crippen LogP contribution in [0.2, 0.25) is 0 Å². The van der Waals surface area contributed by atoms with E-state index in [1.165, 1.54) is 16.6 Å². The van der Waals surface area contributed by atoms with Gasteiger partial charge in [0.15, 0.2) is 0 Å². The van der Waals surface area contributed by atoms with Crippen LogP contribution < -0.4 is 10.6 Å². The van der Waals surface area contributed by atoms with Crippen LogP contribution in [0.5, 0.6) is 0 Å². The van der Waals surface area contributed by atoms with Gasteiger partial charge in [0.25, 0.3) is 0 Å². The number of nitrogens with zero attached hydrogens (tertiary/aromatic N) is 2. The van der Waals surface area contributed by atoms with Gasteiger partial charge in [0, 0.05) is 55.4 Å². The largest absolute Gasteiger partial charge is 0.358 e. The first-order valence-electron chi connectivity index (χ1n) is 9.16. The molecule has 0 aliphatic carbocycles. The second-order valence-corrected chi connectivity index (χ2v) is 7.13. The molecule has 2 aromatic heterocycles. The van der Waals surface area contributed by atoms with Gasteiger partial charge in [-0.15, -0.1) is 0 Å². The molecular weight excluding hydrogens is 326 g/mol. The number of hydrogen-bond donors (Lipinski definition) is 3. The van der Waals surface area contributed by atoms with Crippen LogP contribution in [0.1, 0.15) is 22.7 Å². The summed E-state index contributed by atoms with van der Waals surface area (Å²) in [5.74, 6) is 0.281. The van der Waals surface area contributed by atoms with Crippen molar-refractivity contribution in [3.63, 3.8) is 0 Å². The highest BCUT2D eigenvalue weighted by atomic mass is 16.1. The fraction of sp³-hybridized carbons (Fsp3) is 0.400. The number of benzene rings is 1. The van der Waals surface area contributed by atoms with Crippen LogP contribution in [0, 0.1) is 12.8 Å². The van der Waals surface area contributed by atoms with Crippen LogP contribution in [0.15, 0.2) is 36.7 Å². The van der Waals surface area contributed by atoms with Crippen molar-refractivity contribution in [2.45, 2.75) is 19.3 Å². The lowest BCUT2D eigenvalue weighted by atomic mass is 9.90. The number of aromatic amines is 1. The average molecular weight is 351 g/mol. The third kappa shape index (κ3) is 3.12. The first-order valence-corrected chi connectivity index (χ1v) is 9.16. The van der Waals surface area contributed by atoms with E-state index < -0.39 is 0 Å². The molecule has 0 radical (unpaired) electrons. The first-order chi connectivity index (χ1) is 12.6. The van der Waals surface area contributed by atoms with Crippen molar-refractivity contribution in [1.82, 2.24) is 25.4 Å². The Morgan fingerprint density at radius 2 is 2.19 bits per heavy atom. The number of fused-ring (bicyclic) bond motifs is 1. The van der Waals surface area contributed by atoms with Crippen molar-refractivity contribution < 1.29 is 4.79 Å². The zero-order valence-corrected chi connectivity index (χ0v) is 15.2. The maximum atomic E-state index is 12.7. The van der Waals surface area contributed by atoms with E-state index in [9.17, 15) is 4.79 Å². The van der Waals surface area contributed by atoms with Crippen LogP contribution >= 0.6 is 0 Å². The quantitative estimate of drug-likeness (QED) is 0.657. The molecule has 2 atom stereocenters. The van der Waals surface area contributed by atoms with Gasteiger partial charge >= 0.3 is 0 Å². The lowest BCUT2D eigenvalue weighted by Crippen LogP contribution is -2.35. The molecule has 26 heavy (non-hydrogen) atoms. The highest BCUT2D eigenvalue weighted by Crippen LogP contribution is 2.28. The number of carbonyl (C=O) groups excluding carboxylic acids is 1. The standard InChI is InChI=1S/C20H25N5O/c1-13-15(16-5-3-4-6-19(16)24-13)7-8-22-20(26)18-11-21-10-17(18)14-9-23-25(2)12-14/h3-6,9,12,17-18,21,24H,7-8,10-11H2,1-2H3,(H,22,26)/t17-,18+/m1/s1. The van der Waals surface area contributed by atoms with E-state index in [0.29, 0.717) is 6.54 Å². The van der Waals surface area contributed by atoms with Gasteiger partial charge in [0.1, 0.15) is 0 Å². The van der Waals surface area contributed by atoms with Gasteiger partial charge in [-0.25, -0.2) is 0 Å². The van der Waals surface area contributed by atoms with Crippen LogP contribution in [0.3, 0.4) is 0 Å². The van der Waals surface area contributed by atoms with E-state index in [4.69, 9.17) is 0 Å². The number of amides is 1. The zero-order chi connectivity index (χ0) is 18.1. The first kappa shape index (κ1) is 16.8. The van der Waals surface area contributed by atoms with Gasteiger partial charge in [-0.2, -0.15) is 5.10 Å². The molecule has 1 saturated heterocycles. The molecule has 3 heterocycles. The number of para-hydroxylation sites is 1. The summed E-state index contributed by atoms with van der Waals surface area (Å²) in [4.78, 5) is 16.1. The van der Waals surface area contributed by atoms with Crippen molar-refractivity contribution in [2.75, 3.05) is 19.6 Å². The molecule has 136 valence electrons. The fourth-order valence-electron chi connectivity index (χ4n) is 4.03. The van der Waals surface area contributed by atoms with Crippen LogP contribution in [0.25, 0.3) is 10.9 Å². The van der Waals surface area contributed by atoms with Gasteiger partial charge in [0.05, 0.1) is 12.1 Å². The van der Waals surface area contributed by atoms with Crippen molar-refractivity contribution in [3.8, 4) is 0 Å². The molecule has 0 spiro atoms. The second kappa shape index (κ2) is 6.96. The topological polar surface area (TPSA) is 74.7 Å². The molecule has 1 aliphatic rings. The lowest BCUT2D eigenvalue weighted by Gasteiger charge is -2.17. The minimum atomic E-state index is -0.0386. The van der Waals surface area contributed by atoms with Gasteiger partial charge in [0.2, 0.25) is 5.91 Å². The molecule has 3 N–H and O–H groups in total. The summed E-state index contributed by atoms with van der Waals surface area (Å²) in [6.45, 7) is 4.29. The molecule has 1 fully saturated rings. The van der Waals surface area contributed by atoms with Crippen molar-refractivity contribution in [3.05, 3.63) is 53.5 Å². The summed E-state index contributed by atoms with van der Waals surface area (Å²) in [5.41, 5.74) is 4.75. The number of nitrogens with one attached hydrogen (secondary N) is 3. The number of hydrogen-bond acceptors (Lipinski definition) is 3. The van der Waals surface area contributed by atoms with Gasteiger partial charge < -0.3 is 15.6 Å². The molecule has 1 aliphatic heterocycles. The molecule has 3 aromatic rings. The Morgan fingerprint density at radius 3 is 3.00 bits per heavy atom. The summed E-state index contributed by atoms with van der Waals surface area (Å²) in [7, 11) is 1.91. The third-order valence-corrected chi connectivity index (χ3v) is 5.41. The minimum absolute atomic E-state index is 0.0386. The Hall–Kier alpha value is -2.60. The summed E-state index contributed by atoms with van der Waals surface area (Å²) >= 11 is 0. The molecule has 6 nitrogen and oxygen atoms in total. The number of rotatable bonds is 5. The Morgan fingerprint density at radius 1 is 1.35 bits per heavy atom. The van der Waals surface area contributed by atoms with Gasteiger partial charge in [-0.1, -0.05) is 18.2 Å². The molecule has 0 bridgehead atoms. The third-order valence-electron chi connectivity index (χ3n) is 5.41.